The molecule has 28 heavy (non-hydrogen) atoms. The lowest BCUT2D eigenvalue weighted by Gasteiger charge is -2.20. The third kappa shape index (κ3) is 4.46. The lowest BCUT2D eigenvalue weighted by Crippen LogP contribution is -2.38. The fraction of sp³-hybridized carbons (Fsp3) is 0.478. The summed E-state index contributed by atoms with van der Waals surface area (Å²) < 4.78 is 2.12. The Balaban J connectivity index is 1.57. The predicted molar refractivity (Wildman–Crippen MR) is 112 cm³/mol. The Morgan fingerprint density at radius 1 is 1.00 bits per heavy atom. The van der Waals surface area contributed by atoms with Crippen molar-refractivity contribution in [2.45, 2.75) is 52.9 Å². The molecule has 1 saturated carbocycles. The summed E-state index contributed by atoms with van der Waals surface area (Å²) in [5.74, 6) is 0.184. The van der Waals surface area contributed by atoms with Gasteiger partial charge in [-0.25, -0.2) is 0 Å². The van der Waals surface area contributed by atoms with Gasteiger partial charge in [-0.3, -0.25) is 9.59 Å². The van der Waals surface area contributed by atoms with E-state index in [0.29, 0.717) is 18.7 Å². The Kier molecular flexibility index (Phi) is 6.55. The van der Waals surface area contributed by atoms with Crippen molar-refractivity contribution in [2.24, 2.45) is 5.92 Å². The third-order valence-electron chi connectivity index (χ3n) is 5.72. The zero-order valence-electron chi connectivity index (χ0n) is 17.2. The largest absolute Gasteiger partial charge is 0.354 e. The average Bonchev–Trinajstić information content (AvgIpc) is 3.00. The first-order chi connectivity index (χ1) is 13.5. The van der Waals surface area contributed by atoms with E-state index in [1.54, 1.807) is 0 Å². The van der Waals surface area contributed by atoms with Crippen LogP contribution in [-0.4, -0.2) is 29.5 Å². The quantitative estimate of drug-likeness (QED) is 0.747. The molecule has 2 aromatic rings. The van der Waals surface area contributed by atoms with Crippen molar-refractivity contribution >= 4 is 11.8 Å². The molecule has 1 aliphatic rings. The number of rotatable bonds is 6. The first-order valence-corrected chi connectivity index (χ1v) is 10.3. The molecule has 0 atom stereocenters. The molecule has 0 spiro atoms. The predicted octanol–water partition coefficient (Wildman–Crippen LogP) is 3.83. The molecule has 1 aromatic carbocycles. The molecule has 5 heteroatoms. The zero-order valence-corrected chi connectivity index (χ0v) is 17.2. The monoisotopic (exact) mass is 381 g/mol. The summed E-state index contributed by atoms with van der Waals surface area (Å²) in [6.45, 7) is 6.96. The molecular formula is C23H31N3O2. The molecule has 1 aromatic heterocycles. The molecule has 150 valence electrons. The van der Waals surface area contributed by atoms with E-state index in [0.717, 1.165) is 42.8 Å². The topological polar surface area (TPSA) is 63.1 Å². The van der Waals surface area contributed by atoms with Crippen LogP contribution in [0.4, 0.5) is 0 Å². The number of carbonyl (C=O) groups is 2. The van der Waals surface area contributed by atoms with Crippen molar-refractivity contribution in [2.75, 3.05) is 13.1 Å². The summed E-state index contributed by atoms with van der Waals surface area (Å²) in [6.07, 6.45) is 5.50. The van der Waals surface area contributed by atoms with Crippen LogP contribution in [0.3, 0.4) is 0 Å². The van der Waals surface area contributed by atoms with Gasteiger partial charge in [0, 0.05) is 36.1 Å². The molecule has 5 nitrogen and oxygen atoms in total. The Hall–Kier alpha value is -2.56. The Morgan fingerprint density at radius 3 is 2.39 bits per heavy atom. The molecule has 0 radical (unpaired) electrons. The molecule has 1 heterocycles. The summed E-state index contributed by atoms with van der Waals surface area (Å²) in [4.78, 5) is 24.8. The second-order valence-electron chi connectivity index (χ2n) is 7.79. The van der Waals surface area contributed by atoms with Gasteiger partial charge in [-0.05, 0) is 51.3 Å². The number of benzene rings is 1. The highest BCUT2D eigenvalue weighted by atomic mass is 16.2. The van der Waals surface area contributed by atoms with Gasteiger partial charge in [0.05, 0.1) is 5.56 Å². The second-order valence-corrected chi connectivity index (χ2v) is 7.79. The standard InChI is InChI=1S/C23H31N3O2/c1-16-9-7-8-12-21(16)26-17(2)15-20(18(26)3)23(28)25-14-13-24-22(27)19-10-5-4-6-11-19/h7-9,12,15,19H,4-6,10-11,13-14H2,1-3H3,(H,24,27)(H,25,28). The summed E-state index contributed by atoms with van der Waals surface area (Å²) in [6, 6.07) is 10.1. The normalized spacial score (nSPS) is 14.7. The van der Waals surface area contributed by atoms with Crippen LogP contribution in [0.2, 0.25) is 0 Å². The van der Waals surface area contributed by atoms with E-state index in [4.69, 9.17) is 0 Å². The number of para-hydroxylation sites is 1. The van der Waals surface area contributed by atoms with Gasteiger partial charge in [0.1, 0.15) is 0 Å². The van der Waals surface area contributed by atoms with Crippen LogP contribution in [0.15, 0.2) is 30.3 Å². The van der Waals surface area contributed by atoms with Crippen molar-refractivity contribution in [3.63, 3.8) is 0 Å². The lowest BCUT2D eigenvalue weighted by molar-refractivity contribution is -0.125. The average molecular weight is 382 g/mol. The van der Waals surface area contributed by atoms with Crippen molar-refractivity contribution in [3.8, 4) is 5.69 Å². The van der Waals surface area contributed by atoms with E-state index in [9.17, 15) is 9.59 Å². The minimum Gasteiger partial charge on any atom is -0.354 e. The van der Waals surface area contributed by atoms with E-state index in [1.165, 1.54) is 12.0 Å². The fourth-order valence-corrected chi connectivity index (χ4v) is 4.14. The maximum Gasteiger partial charge on any atom is 0.253 e. The maximum atomic E-state index is 12.7. The fourth-order valence-electron chi connectivity index (χ4n) is 4.14. The molecule has 0 saturated heterocycles. The van der Waals surface area contributed by atoms with Gasteiger partial charge in [0.2, 0.25) is 5.91 Å². The smallest absolute Gasteiger partial charge is 0.253 e. The number of aryl methyl sites for hydroxylation is 2. The van der Waals surface area contributed by atoms with Crippen LogP contribution in [0, 0.1) is 26.7 Å². The molecule has 3 rings (SSSR count). The Bertz CT molecular complexity index is 848. The highest BCUT2D eigenvalue weighted by Gasteiger charge is 2.21. The van der Waals surface area contributed by atoms with Crippen LogP contribution < -0.4 is 10.6 Å². The lowest BCUT2D eigenvalue weighted by atomic mass is 9.89. The minimum absolute atomic E-state index is 0.0974. The van der Waals surface area contributed by atoms with Crippen LogP contribution in [0.25, 0.3) is 5.69 Å². The summed E-state index contributed by atoms with van der Waals surface area (Å²) in [7, 11) is 0. The van der Waals surface area contributed by atoms with Gasteiger partial charge < -0.3 is 15.2 Å². The first-order valence-electron chi connectivity index (χ1n) is 10.3. The van der Waals surface area contributed by atoms with Gasteiger partial charge in [0.25, 0.3) is 5.91 Å². The van der Waals surface area contributed by atoms with E-state index in [1.807, 2.05) is 32.0 Å². The maximum absolute atomic E-state index is 12.7. The molecule has 2 amide bonds. The van der Waals surface area contributed by atoms with E-state index in [-0.39, 0.29) is 17.7 Å². The zero-order chi connectivity index (χ0) is 20.1. The molecule has 0 bridgehead atoms. The Morgan fingerprint density at radius 2 is 1.68 bits per heavy atom. The number of aromatic nitrogens is 1. The van der Waals surface area contributed by atoms with E-state index >= 15 is 0 Å². The number of hydrogen-bond donors (Lipinski definition) is 2. The summed E-state index contributed by atoms with van der Waals surface area (Å²) in [5, 5.41) is 5.90. The van der Waals surface area contributed by atoms with Gasteiger partial charge in [0.15, 0.2) is 0 Å². The van der Waals surface area contributed by atoms with Gasteiger partial charge in [-0.1, -0.05) is 37.5 Å². The number of nitrogens with one attached hydrogen (secondary N) is 2. The van der Waals surface area contributed by atoms with Crippen molar-refractivity contribution < 1.29 is 9.59 Å². The summed E-state index contributed by atoms with van der Waals surface area (Å²) >= 11 is 0. The minimum atomic E-state index is -0.0974. The van der Waals surface area contributed by atoms with Gasteiger partial charge >= 0.3 is 0 Å². The number of hydrogen-bond acceptors (Lipinski definition) is 2. The molecule has 0 unspecified atom stereocenters. The van der Waals surface area contributed by atoms with Gasteiger partial charge in [-0.15, -0.1) is 0 Å². The number of amides is 2. The first kappa shape index (κ1) is 20.2. The van der Waals surface area contributed by atoms with Crippen molar-refractivity contribution in [1.82, 2.24) is 15.2 Å². The Labute approximate surface area is 167 Å². The molecular weight excluding hydrogens is 350 g/mol. The number of nitrogens with zero attached hydrogens (tertiary/aromatic N) is 1. The van der Waals surface area contributed by atoms with Crippen LogP contribution in [0.5, 0.6) is 0 Å². The molecule has 0 aliphatic heterocycles. The molecule has 2 N–H and O–H groups in total. The molecule has 1 fully saturated rings. The summed E-state index contributed by atoms with van der Waals surface area (Å²) in [5.41, 5.74) is 4.90. The van der Waals surface area contributed by atoms with Crippen molar-refractivity contribution in [1.29, 1.82) is 0 Å². The third-order valence-corrected chi connectivity index (χ3v) is 5.72. The van der Waals surface area contributed by atoms with E-state index < -0.39 is 0 Å². The number of carbonyl (C=O) groups excluding carboxylic acids is 2. The van der Waals surface area contributed by atoms with Crippen LogP contribution in [0.1, 0.15) is 59.4 Å². The van der Waals surface area contributed by atoms with E-state index in [2.05, 4.69) is 34.3 Å². The molecule has 1 aliphatic carbocycles. The van der Waals surface area contributed by atoms with Crippen LogP contribution in [-0.2, 0) is 4.79 Å². The second kappa shape index (κ2) is 9.09. The highest BCUT2D eigenvalue weighted by molar-refractivity contribution is 5.96. The van der Waals surface area contributed by atoms with Crippen LogP contribution >= 0.6 is 0 Å². The highest BCUT2D eigenvalue weighted by Crippen LogP contribution is 2.24. The SMILES string of the molecule is Cc1ccccc1-n1c(C)cc(C(=O)NCCNC(=O)C2CCCCC2)c1C. The van der Waals surface area contributed by atoms with Crippen molar-refractivity contribution in [3.05, 3.63) is 52.8 Å². The van der Waals surface area contributed by atoms with Gasteiger partial charge in [-0.2, -0.15) is 0 Å².